The molecule has 4 nitrogen and oxygen atoms in total. The van der Waals surface area contributed by atoms with Crippen molar-refractivity contribution in [1.82, 2.24) is 4.90 Å². The van der Waals surface area contributed by atoms with Gasteiger partial charge in [-0.05, 0) is 31.2 Å². The van der Waals surface area contributed by atoms with E-state index in [-0.39, 0.29) is 18.2 Å². The average molecular weight is 261 g/mol. The molecule has 3 atom stereocenters. The van der Waals surface area contributed by atoms with Gasteiger partial charge in [-0.2, -0.15) is 0 Å². The number of fused-ring (bicyclic) bond motifs is 2. The molecular weight excluding hydrogens is 242 g/mol. The number of piperidine rings is 1. The van der Waals surface area contributed by atoms with Gasteiger partial charge >= 0.3 is 5.97 Å². The Labute approximate surface area is 112 Å². The Balaban J connectivity index is 1.92. The van der Waals surface area contributed by atoms with Gasteiger partial charge in [-0.3, -0.25) is 9.69 Å². The number of carboxylic acid groups (broad SMARTS) is 1. The van der Waals surface area contributed by atoms with Crippen molar-refractivity contribution in [3.8, 4) is 0 Å². The summed E-state index contributed by atoms with van der Waals surface area (Å²) in [6.07, 6.45) is 3.13. The summed E-state index contributed by atoms with van der Waals surface area (Å²) >= 11 is 0. The molecule has 3 rings (SSSR count). The Morgan fingerprint density at radius 1 is 1.16 bits per heavy atom. The third-order valence-electron chi connectivity index (χ3n) is 4.41. The average Bonchev–Trinajstić information content (AvgIpc) is 2.64. The minimum Gasteiger partial charge on any atom is -0.480 e. The number of aliphatic carboxylic acids is 1. The van der Waals surface area contributed by atoms with Crippen molar-refractivity contribution in [3.63, 3.8) is 0 Å². The lowest BCUT2D eigenvalue weighted by Crippen LogP contribution is -2.48. The second kappa shape index (κ2) is 4.94. The summed E-state index contributed by atoms with van der Waals surface area (Å²) in [5.74, 6) is -0.792. The standard InChI is InChI=1S/C15H19NO3/c17-13-8-11-6-7-12(9-13)16(11)14(15(18)19)10-4-2-1-3-5-10/h1-5,11-14,17H,6-9H2,(H,18,19). The van der Waals surface area contributed by atoms with E-state index in [1.165, 1.54) is 0 Å². The smallest absolute Gasteiger partial charge is 0.325 e. The Morgan fingerprint density at radius 3 is 2.26 bits per heavy atom. The molecule has 0 spiro atoms. The molecule has 2 N–H and O–H groups in total. The van der Waals surface area contributed by atoms with Gasteiger partial charge in [-0.1, -0.05) is 30.3 Å². The Morgan fingerprint density at radius 2 is 1.74 bits per heavy atom. The van der Waals surface area contributed by atoms with Crippen LogP contribution in [0.4, 0.5) is 0 Å². The number of hydrogen-bond acceptors (Lipinski definition) is 3. The molecule has 2 aliphatic rings. The van der Waals surface area contributed by atoms with E-state index in [0.29, 0.717) is 12.8 Å². The summed E-state index contributed by atoms with van der Waals surface area (Å²) in [6, 6.07) is 9.25. The normalized spacial score (nSPS) is 32.2. The van der Waals surface area contributed by atoms with Crippen molar-refractivity contribution >= 4 is 5.97 Å². The summed E-state index contributed by atoms with van der Waals surface area (Å²) in [4.78, 5) is 13.8. The van der Waals surface area contributed by atoms with Gasteiger partial charge in [-0.25, -0.2) is 0 Å². The van der Waals surface area contributed by atoms with Crippen LogP contribution in [0.2, 0.25) is 0 Å². The molecule has 2 saturated heterocycles. The monoisotopic (exact) mass is 261 g/mol. The fourth-order valence-electron chi connectivity index (χ4n) is 3.68. The number of nitrogens with zero attached hydrogens (tertiary/aromatic N) is 1. The van der Waals surface area contributed by atoms with Crippen molar-refractivity contribution in [2.45, 2.75) is 49.9 Å². The molecule has 2 fully saturated rings. The maximum atomic E-state index is 11.7. The van der Waals surface area contributed by atoms with Gasteiger partial charge in [0.2, 0.25) is 0 Å². The largest absolute Gasteiger partial charge is 0.480 e. The highest BCUT2D eigenvalue weighted by Crippen LogP contribution is 2.41. The first kappa shape index (κ1) is 12.6. The van der Waals surface area contributed by atoms with Crippen LogP contribution in [-0.4, -0.2) is 39.3 Å². The zero-order chi connectivity index (χ0) is 13.4. The summed E-state index contributed by atoms with van der Waals surface area (Å²) in [5.41, 5.74) is 0.836. The Kier molecular flexibility index (Phi) is 3.29. The third-order valence-corrected chi connectivity index (χ3v) is 4.41. The van der Waals surface area contributed by atoms with Crippen LogP contribution in [0, 0.1) is 0 Å². The highest BCUT2D eigenvalue weighted by Gasteiger charge is 2.46. The van der Waals surface area contributed by atoms with E-state index in [0.717, 1.165) is 18.4 Å². The molecule has 1 aromatic carbocycles. The third kappa shape index (κ3) is 2.26. The number of carbonyl (C=O) groups is 1. The molecule has 102 valence electrons. The number of benzene rings is 1. The van der Waals surface area contributed by atoms with Crippen LogP contribution in [0.1, 0.15) is 37.3 Å². The van der Waals surface area contributed by atoms with E-state index in [1.54, 1.807) is 0 Å². The van der Waals surface area contributed by atoms with Crippen molar-refractivity contribution in [3.05, 3.63) is 35.9 Å². The fraction of sp³-hybridized carbons (Fsp3) is 0.533. The Hall–Kier alpha value is -1.39. The molecule has 0 aliphatic carbocycles. The second-order valence-corrected chi connectivity index (χ2v) is 5.61. The van der Waals surface area contributed by atoms with E-state index in [1.807, 2.05) is 30.3 Å². The summed E-state index contributed by atoms with van der Waals surface area (Å²) in [5, 5.41) is 19.4. The number of aliphatic hydroxyl groups excluding tert-OH is 1. The van der Waals surface area contributed by atoms with Crippen LogP contribution in [0.15, 0.2) is 30.3 Å². The van der Waals surface area contributed by atoms with Crippen molar-refractivity contribution in [1.29, 1.82) is 0 Å². The number of hydrogen-bond donors (Lipinski definition) is 2. The minimum absolute atomic E-state index is 0.204. The maximum Gasteiger partial charge on any atom is 0.325 e. The topological polar surface area (TPSA) is 60.8 Å². The van der Waals surface area contributed by atoms with Crippen molar-refractivity contribution in [2.75, 3.05) is 0 Å². The predicted octanol–water partition coefficient (Wildman–Crippen LogP) is 1.80. The molecule has 2 aliphatic heterocycles. The molecule has 1 aromatic rings. The molecule has 0 radical (unpaired) electrons. The first-order valence-corrected chi connectivity index (χ1v) is 6.90. The molecule has 2 bridgehead atoms. The van der Waals surface area contributed by atoms with Crippen LogP contribution in [0.3, 0.4) is 0 Å². The van der Waals surface area contributed by atoms with E-state index >= 15 is 0 Å². The molecule has 0 saturated carbocycles. The number of aliphatic hydroxyl groups is 1. The Bertz CT molecular complexity index is 448. The molecule has 0 aromatic heterocycles. The van der Waals surface area contributed by atoms with Crippen LogP contribution < -0.4 is 0 Å². The molecule has 3 unspecified atom stereocenters. The highest BCUT2D eigenvalue weighted by molar-refractivity contribution is 5.75. The molecule has 4 heteroatoms. The lowest BCUT2D eigenvalue weighted by molar-refractivity contribution is -0.146. The van der Waals surface area contributed by atoms with Crippen LogP contribution in [0.25, 0.3) is 0 Å². The van der Waals surface area contributed by atoms with Gasteiger partial charge in [0, 0.05) is 12.1 Å². The fourth-order valence-corrected chi connectivity index (χ4v) is 3.68. The quantitative estimate of drug-likeness (QED) is 0.871. The molecule has 0 amide bonds. The van der Waals surface area contributed by atoms with Crippen LogP contribution in [0.5, 0.6) is 0 Å². The van der Waals surface area contributed by atoms with Gasteiger partial charge in [0.05, 0.1) is 6.10 Å². The lowest BCUT2D eigenvalue weighted by Gasteiger charge is -2.40. The van der Waals surface area contributed by atoms with E-state index in [4.69, 9.17) is 0 Å². The zero-order valence-electron chi connectivity index (χ0n) is 10.8. The summed E-state index contributed by atoms with van der Waals surface area (Å²) < 4.78 is 0. The first-order chi connectivity index (χ1) is 9.16. The minimum atomic E-state index is -0.792. The van der Waals surface area contributed by atoms with E-state index < -0.39 is 12.0 Å². The number of rotatable bonds is 3. The van der Waals surface area contributed by atoms with Crippen LogP contribution >= 0.6 is 0 Å². The number of carboxylic acids is 1. The van der Waals surface area contributed by atoms with Gasteiger partial charge < -0.3 is 10.2 Å². The van der Waals surface area contributed by atoms with Crippen molar-refractivity contribution < 1.29 is 15.0 Å². The van der Waals surface area contributed by atoms with Gasteiger partial charge in [0.1, 0.15) is 6.04 Å². The first-order valence-electron chi connectivity index (χ1n) is 6.90. The lowest BCUT2D eigenvalue weighted by atomic mass is 9.95. The summed E-state index contributed by atoms with van der Waals surface area (Å²) in [6.45, 7) is 0. The SMILES string of the molecule is O=C(O)C(c1ccccc1)N1C2CCC1CC(O)C2. The highest BCUT2D eigenvalue weighted by atomic mass is 16.4. The maximum absolute atomic E-state index is 11.7. The van der Waals surface area contributed by atoms with E-state index in [9.17, 15) is 15.0 Å². The van der Waals surface area contributed by atoms with Gasteiger partial charge in [0.25, 0.3) is 0 Å². The predicted molar refractivity (Wildman–Crippen MR) is 70.7 cm³/mol. The molecule has 2 heterocycles. The molecule has 19 heavy (non-hydrogen) atoms. The van der Waals surface area contributed by atoms with Crippen LogP contribution in [-0.2, 0) is 4.79 Å². The van der Waals surface area contributed by atoms with E-state index in [2.05, 4.69) is 4.90 Å². The van der Waals surface area contributed by atoms with Gasteiger partial charge in [0.15, 0.2) is 0 Å². The summed E-state index contributed by atoms with van der Waals surface area (Å²) in [7, 11) is 0. The molecular formula is C15H19NO3. The zero-order valence-corrected chi connectivity index (χ0v) is 10.8. The van der Waals surface area contributed by atoms with Crippen molar-refractivity contribution in [2.24, 2.45) is 0 Å². The van der Waals surface area contributed by atoms with Gasteiger partial charge in [-0.15, -0.1) is 0 Å². The second-order valence-electron chi connectivity index (χ2n) is 5.61.